The van der Waals surface area contributed by atoms with Crippen molar-refractivity contribution in [2.45, 2.75) is 37.8 Å². The second kappa shape index (κ2) is 10.8. The molecule has 3 N–H and O–H groups in total. The van der Waals surface area contributed by atoms with Crippen molar-refractivity contribution in [2.75, 3.05) is 19.7 Å². The molecule has 2 aliphatic heterocycles. The number of esters is 1. The van der Waals surface area contributed by atoms with E-state index >= 15 is 0 Å². The Morgan fingerprint density at radius 2 is 2.08 bits per heavy atom. The minimum Gasteiger partial charge on any atom is -0.463 e. The van der Waals surface area contributed by atoms with Crippen LogP contribution >= 0.6 is 23.2 Å². The highest BCUT2D eigenvalue weighted by Crippen LogP contribution is 2.39. The highest BCUT2D eigenvalue weighted by atomic mass is 35.5. The number of alkyl halides is 2. The molecule has 1 amide bonds. The molecule has 1 fully saturated rings. The predicted octanol–water partition coefficient (Wildman–Crippen LogP) is 3.22. The third-order valence-corrected chi connectivity index (χ3v) is 6.76. The van der Waals surface area contributed by atoms with Crippen LogP contribution in [0.15, 0.2) is 46.9 Å². The summed E-state index contributed by atoms with van der Waals surface area (Å²) in [7, 11) is 1.77. The number of aryl methyl sites for hydroxylation is 1. The fraction of sp³-hybridized carbons (Fsp3) is 0.417. The average Bonchev–Trinajstić information content (AvgIpc) is 3.34. The maximum absolute atomic E-state index is 14.4. The highest BCUT2D eigenvalue weighted by Gasteiger charge is 2.46. The number of halogens is 4. The standard InChI is InChI=1S/C24H26Cl2F2N6O3/c1-3-37-23(36)19-17(11-34-12-24(27,28)10-14(34)9-18(29)35)31-21(22-30-6-7-33(22)2)32-20(19)15-5-4-13(25)8-16(15)26/h4-8,14,20H,3,9-12H2,1-2H3,(H2,29,35)(H,31,32). The molecule has 13 heteroatoms. The molecule has 3 heterocycles. The van der Waals surface area contributed by atoms with E-state index in [0.717, 1.165) is 0 Å². The van der Waals surface area contributed by atoms with Crippen molar-refractivity contribution >= 4 is 40.9 Å². The number of likely N-dealkylation sites (tertiary alicyclic amines) is 1. The molecule has 0 radical (unpaired) electrons. The first-order valence-electron chi connectivity index (χ1n) is 11.6. The summed E-state index contributed by atoms with van der Waals surface area (Å²) < 4.78 is 35.9. The van der Waals surface area contributed by atoms with Crippen LogP contribution in [0.5, 0.6) is 0 Å². The Bertz CT molecular complexity index is 1280. The fourth-order valence-electron chi connectivity index (χ4n) is 4.61. The van der Waals surface area contributed by atoms with Crippen LogP contribution in [0.2, 0.25) is 10.0 Å². The topological polar surface area (TPSA) is 115 Å². The van der Waals surface area contributed by atoms with E-state index in [1.165, 1.54) is 11.0 Å². The molecule has 0 bridgehead atoms. The predicted molar refractivity (Wildman–Crippen MR) is 134 cm³/mol. The van der Waals surface area contributed by atoms with Crippen LogP contribution in [0.1, 0.15) is 37.2 Å². The number of ether oxygens (including phenoxy) is 1. The zero-order valence-electron chi connectivity index (χ0n) is 20.2. The first-order chi connectivity index (χ1) is 17.5. The summed E-state index contributed by atoms with van der Waals surface area (Å²) in [5.41, 5.74) is 6.20. The summed E-state index contributed by atoms with van der Waals surface area (Å²) in [6.45, 7) is 1.02. The van der Waals surface area contributed by atoms with Gasteiger partial charge in [-0.2, -0.15) is 0 Å². The summed E-state index contributed by atoms with van der Waals surface area (Å²) in [5.74, 6) is -3.62. The van der Waals surface area contributed by atoms with E-state index in [9.17, 15) is 18.4 Å². The van der Waals surface area contributed by atoms with Gasteiger partial charge in [0.05, 0.1) is 18.7 Å². The van der Waals surface area contributed by atoms with Gasteiger partial charge in [0.15, 0.2) is 11.7 Å². The molecule has 1 aromatic carbocycles. The van der Waals surface area contributed by atoms with Gasteiger partial charge in [0.1, 0.15) is 6.04 Å². The van der Waals surface area contributed by atoms with Gasteiger partial charge in [-0.15, -0.1) is 0 Å². The number of nitrogens with one attached hydrogen (secondary N) is 1. The first-order valence-corrected chi connectivity index (χ1v) is 12.3. The van der Waals surface area contributed by atoms with Crippen molar-refractivity contribution in [3.63, 3.8) is 0 Å². The number of amides is 1. The molecule has 2 aromatic rings. The van der Waals surface area contributed by atoms with Gasteiger partial charge < -0.3 is 20.4 Å². The lowest BCUT2D eigenvalue weighted by atomic mass is 9.95. The van der Waals surface area contributed by atoms with Gasteiger partial charge in [-0.3, -0.25) is 14.7 Å². The van der Waals surface area contributed by atoms with Crippen LogP contribution in [0.4, 0.5) is 8.78 Å². The fourth-order valence-corrected chi connectivity index (χ4v) is 5.12. The minimum absolute atomic E-state index is 0.0821. The number of hydrogen-bond acceptors (Lipinski definition) is 7. The normalized spacial score (nSPS) is 21.5. The summed E-state index contributed by atoms with van der Waals surface area (Å²) in [4.78, 5) is 35.4. The smallest absolute Gasteiger partial charge is 0.338 e. The Labute approximate surface area is 222 Å². The molecule has 198 valence electrons. The summed E-state index contributed by atoms with van der Waals surface area (Å²) in [6, 6.07) is 3.05. The minimum atomic E-state index is -3.02. The van der Waals surface area contributed by atoms with Crippen LogP contribution in [-0.2, 0) is 21.4 Å². The van der Waals surface area contributed by atoms with Crippen LogP contribution in [-0.4, -0.2) is 63.8 Å². The average molecular weight is 555 g/mol. The van der Waals surface area contributed by atoms with Gasteiger partial charge in [-0.1, -0.05) is 29.3 Å². The van der Waals surface area contributed by atoms with Gasteiger partial charge in [-0.05, 0) is 19.1 Å². The maximum Gasteiger partial charge on any atom is 0.338 e. The molecule has 2 aliphatic rings. The molecule has 2 unspecified atom stereocenters. The van der Waals surface area contributed by atoms with Crippen molar-refractivity contribution in [3.05, 3.63) is 63.3 Å². The van der Waals surface area contributed by atoms with Crippen LogP contribution in [0, 0.1) is 0 Å². The number of primary amides is 1. The summed E-state index contributed by atoms with van der Waals surface area (Å²) in [5, 5.41) is 3.78. The number of benzene rings is 1. The monoisotopic (exact) mass is 554 g/mol. The van der Waals surface area contributed by atoms with E-state index < -0.39 is 42.8 Å². The molecular weight excluding hydrogens is 529 g/mol. The van der Waals surface area contributed by atoms with E-state index in [4.69, 9.17) is 38.7 Å². The van der Waals surface area contributed by atoms with Crippen molar-refractivity contribution in [3.8, 4) is 0 Å². The number of amidine groups is 1. The van der Waals surface area contributed by atoms with E-state index in [1.54, 1.807) is 43.1 Å². The van der Waals surface area contributed by atoms with Gasteiger partial charge in [-0.25, -0.2) is 18.6 Å². The lowest BCUT2D eigenvalue weighted by Gasteiger charge is -2.31. The molecule has 0 spiro atoms. The third kappa shape index (κ3) is 5.94. The number of carbonyl (C=O) groups is 2. The van der Waals surface area contributed by atoms with Crippen LogP contribution in [0.25, 0.3) is 0 Å². The van der Waals surface area contributed by atoms with Gasteiger partial charge in [0.25, 0.3) is 5.92 Å². The van der Waals surface area contributed by atoms with Gasteiger partial charge >= 0.3 is 5.97 Å². The number of nitrogens with two attached hydrogens (primary N) is 1. The Morgan fingerprint density at radius 1 is 1.32 bits per heavy atom. The molecule has 2 atom stereocenters. The van der Waals surface area contributed by atoms with Crippen LogP contribution in [0.3, 0.4) is 0 Å². The maximum atomic E-state index is 14.4. The Balaban J connectivity index is 1.85. The molecule has 4 rings (SSSR count). The van der Waals surface area contributed by atoms with Gasteiger partial charge in [0, 0.05) is 66.2 Å². The largest absolute Gasteiger partial charge is 0.463 e. The van der Waals surface area contributed by atoms with E-state index in [2.05, 4.69) is 10.3 Å². The highest BCUT2D eigenvalue weighted by molar-refractivity contribution is 6.35. The van der Waals surface area contributed by atoms with E-state index in [-0.39, 0.29) is 35.9 Å². The SMILES string of the molecule is CCOC(=O)C1=C(CN2CC(F)(F)CC2CC(N)=O)NC(c2nccn2C)=NC1c1ccc(Cl)cc1Cl. The Kier molecular flexibility index (Phi) is 7.86. The summed E-state index contributed by atoms with van der Waals surface area (Å²) >= 11 is 12.6. The Morgan fingerprint density at radius 3 is 2.70 bits per heavy atom. The second-order valence-electron chi connectivity index (χ2n) is 8.93. The molecular formula is C24H26Cl2F2N6O3. The lowest BCUT2D eigenvalue weighted by Crippen LogP contribution is -2.43. The number of imidazole rings is 1. The zero-order chi connectivity index (χ0) is 26.9. The van der Waals surface area contributed by atoms with Crippen molar-refractivity contribution < 1.29 is 23.1 Å². The Hall–Kier alpha value is -3.02. The molecule has 1 aromatic heterocycles. The molecule has 0 saturated carbocycles. The van der Waals surface area contributed by atoms with E-state index in [1.807, 2.05) is 0 Å². The number of aliphatic imine (C=N–C) groups is 1. The number of carbonyl (C=O) groups excluding carboxylic acids is 2. The van der Waals surface area contributed by atoms with Gasteiger partial charge in [0.2, 0.25) is 5.91 Å². The van der Waals surface area contributed by atoms with Crippen molar-refractivity contribution in [1.82, 2.24) is 19.8 Å². The van der Waals surface area contributed by atoms with Crippen molar-refractivity contribution in [2.24, 2.45) is 17.8 Å². The van der Waals surface area contributed by atoms with Crippen molar-refractivity contribution in [1.29, 1.82) is 0 Å². The number of rotatable bonds is 8. The number of hydrogen-bond donors (Lipinski definition) is 2. The number of aromatic nitrogens is 2. The second-order valence-corrected chi connectivity index (χ2v) is 9.78. The quantitative estimate of drug-likeness (QED) is 0.484. The van der Waals surface area contributed by atoms with Crippen LogP contribution < -0.4 is 11.1 Å². The zero-order valence-corrected chi connectivity index (χ0v) is 21.7. The van der Waals surface area contributed by atoms with E-state index in [0.29, 0.717) is 22.2 Å². The molecule has 37 heavy (non-hydrogen) atoms. The molecule has 0 aliphatic carbocycles. The number of nitrogens with zero attached hydrogens (tertiary/aromatic N) is 4. The molecule has 9 nitrogen and oxygen atoms in total. The third-order valence-electron chi connectivity index (χ3n) is 6.19. The first kappa shape index (κ1) is 27.0. The summed E-state index contributed by atoms with van der Waals surface area (Å²) in [6.07, 6.45) is 2.53. The molecule has 1 saturated heterocycles. The lowest BCUT2D eigenvalue weighted by molar-refractivity contribution is -0.139.